The number of aromatic nitrogens is 2. The van der Waals surface area contributed by atoms with Crippen LogP contribution >= 0.6 is 0 Å². The van der Waals surface area contributed by atoms with E-state index in [1.54, 1.807) is 0 Å². The first kappa shape index (κ1) is 23.4. The van der Waals surface area contributed by atoms with E-state index in [0.717, 1.165) is 65.6 Å². The first-order valence-corrected chi connectivity index (χ1v) is 14.1. The van der Waals surface area contributed by atoms with Crippen LogP contribution in [0.15, 0.2) is 126 Å². The van der Waals surface area contributed by atoms with Crippen LogP contribution in [0.4, 0.5) is 0 Å². The molecule has 0 spiro atoms. The lowest BCUT2D eigenvalue weighted by atomic mass is 10.1. The lowest BCUT2D eigenvalue weighted by molar-refractivity contribution is 0.673. The van der Waals surface area contributed by atoms with Crippen LogP contribution in [0.3, 0.4) is 0 Å². The van der Waals surface area contributed by atoms with Gasteiger partial charge in [0.15, 0.2) is 0 Å². The van der Waals surface area contributed by atoms with Crippen LogP contribution in [0.1, 0.15) is 11.1 Å². The zero-order chi connectivity index (χ0) is 28.7. The summed E-state index contributed by atoms with van der Waals surface area (Å²) in [4.78, 5) is 0. The predicted molar refractivity (Wildman–Crippen MR) is 172 cm³/mol. The minimum atomic E-state index is 0.475. The number of para-hydroxylation sites is 4. The highest BCUT2D eigenvalue weighted by molar-refractivity contribution is 6.24. The summed E-state index contributed by atoms with van der Waals surface area (Å²) in [7, 11) is 0. The van der Waals surface area contributed by atoms with Crippen LogP contribution < -0.4 is 0 Å². The van der Waals surface area contributed by atoms with Crippen molar-refractivity contribution in [3.63, 3.8) is 0 Å². The highest BCUT2D eigenvalue weighted by atomic mass is 16.3. The number of nitrogens with zero attached hydrogens (tertiary/aromatic N) is 4. The van der Waals surface area contributed by atoms with Crippen LogP contribution in [0.5, 0.6) is 0 Å². The van der Waals surface area contributed by atoms with Crippen LogP contribution in [0, 0.1) is 22.7 Å². The van der Waals surface area contributed by atoms with Crippen LogP contribution in [0.2, 0.25) is 0 Å². The van der Waals surface area contributed by atoms with Gasteiger partial charge in [-0.15, -0.1) is 0 Å². The summed E-state index contributed by atoms with van der Waals surface area (Å²) in [5, 5.41) is 27.4. The van der Waals surface area contributed by atoms with Crippen molar-refractivity contribution in [1.82, 2.24) is 9.13 Å². The second-order valence-corrected chi connectivity index (χ2v) is 10.8. The van der Waals surface area contributed by atoms with E-state index in [1.165, 1.54) is 0 Å². The van der Waals surface area contributed by atoms with Gasteiger partial charge in [-0.05, 0) is 48.5 Å². The van der Waals surface area contributed by atoms with Gasteiger partial charge in [0.25, 0.3) is 0 Å². The van der Waals surface area contributed by atoms with E-state index in [9.17, 15) is 10.5 Å². The van der Waals surface area contributed by atoms with Gasteiger partial charge in [-0.25, -0.2) is 0 Å². The Hall–Kier alpha value is -6.30. The third-order valence-electron chi connectivity index (χ3n) is 8.60. The van der Waals surface area contributed by atoms with Crippen molar-refractivity contribution >= 4 is 65.6 Å². The topological polar surface area (TPSA) is 70.6 Å². The Kier molecular flexibility index (Phi) is 4.68. The largest absolute Gasteiger partial charge is 0.455 e. The fraction of sp³-hybridized carbons (Fsp3) is 0. The molecule has 0 fully saturated rings. The van der Waals surface area contributed by atoms with Gasteiger partial charge in [-0.2, -0.15) is 10.5 Å². The average molecular weight is 549 g/mol. The molecule has 43 heavy (non-hydrogen) atoms. The van der Waals surface area contributed by atoms with E-state index < -0.39 is 0 Å². The van der Waals surface area contributed by atoms with E-state index in [4.69, 9.17) is 4.42 Å². The number of hydrogen-bond acceptors (Lipinski definition) is 3. The lowest BCUT2D eigenvalue weighted by Gasteiger charge is -2.15. The van der Waals surface area contributed by atoms with Crippen molar-refractivity contribution in [1.29, 1.82) is 10.5 Å². The van der Waals surface area contributed by atoms with Gasteiger partial charge in [0.2, 0.25) is 0 Å². The second kappa shape index (κ2) is 8.60. The zero-order valence-electron chi connectivity index (χ0n) is 22.7. The number of furan rings is 1. The summed E-state index contributed by atoms with van der Waals surface area (Å²) in [5.41, 5.74) is 7.77. The van der Waals surface area contributed by atoms with Crippen molar-refractivity contribution in [2.45, 2.75) is 0 Å². The minimum Gasteiger partial charge on any atom is -0.455 e. The van der Waals surface area contributed by atoms with Gasteiger partial charge >= 0.3 is 0 Å². The molecule has 0 bridgehead atoms. The molecule has 5 heteroatoms. The molecule has 0 amide bonds. The highest BCUT2D eigenvalue weighted by Gasteiger charge is 2.22. The van der Waals surface area contributed by atoms with Gasteiger partial charge in [-0.3, -0.25) is 0 Å². The SMILES string of the molecule is N#Cc1cc(-n2c3ccccc3c3c4oc5ccccc5c4ccc32)c(C#N)cc1-n1c2ccccc2c2ccccc21. The molecule has 0 saturated heterocycles. The summed E-state index contributed by atoms with van der Waals surface area (Å²) in [6.45, 7) is 0. The van der Waals surface area contributed by atoms with Gasteiger partial charge in [-0.1, -0.05) is 72.8 Å². The highest BCUT2D eigenvalue weighted by Crippen LogP contribution is 2.42. The van der Waals surface area contributed by atoms with Crippen LogP contribution in [-0.2, 0) is 0 Å². The third-order valence-corrected chi connectivity index (χ3v) is 8.60. The Balaban J connectivity index is 1.39. The first-order chi connectivity index (χ1) is 21.3. The molecule has 9 aromatic rings. The maximum atomic E-state index is 10.6. The summed E-state index contributed by atoms with van der Waals surface area (Å²) in [6, 6.07) is 45.4. The molecule has 0 aliphatic carbocycles. The predicted octanol–water partition coefficient (Wildman–Crippen LogP) is 9.52. The monoisotopic (exact) mass is 548 g/mol. The molecule has 3 heterocycles. The molecule has 0 N–H and O–H groups in total. The van der Waals surface area contributed by atoms with E-state index in [0.29, 0.717) is 22.5 Å². The molecule has 0 aliphatic rings. The number of rotatable bonds is 2. The molecular formula is C38H20N4O. The molecule has 0 aliphatic heterocycles. The molecule has 198 valence electrons. The van der Waals surface area contributed by atoms with Crippen molar-refractivity contribution < 1.29 is 4.42 Å². The van der Waals surface area contributed by atoms with Crippen LogP contribution in [0.25, 0.3) is 76.9 Å². The zero-order valence-corrected chi connectivity index (χ0v) is 22.7. The van der Waals surface area contributed by atoms with Crippen LogP contribution in [-0.4, -0.2) is 9.13 Å². The quantitative estimate of drug-likeness (QED) is 0.216. The maximum absolute atomic E-state index is 10.6. The van der Waals surface area contributed by atoms with Crippen molar-refractivity contribution in [3.05, 3.63) is 132 Å². The molecule has 0 saturated carbocycles. The Labute approximate surface area is 245 Å². The van der Waals surface area contributed by atoms with E-state index in [1.807, 2.05) is 66.7 Å². The molecule has 5 nitrogen and oxygen atoms in total. The van der Waals surface area contributed by atoms with Crippen molar-refractivity contribution in [2.24, 2.45) is 0 Å². The van der Waals surface area contributed by atoms with Crippen molar-refractivity contribution in [3.8, 4) is 23.5 Å². The Morgan fingerprint density at radius 1 is 0.465 bits per heavy atom. The normalized spacial score (nSPS) is 11.7. The van der Waals surface area contributed by atoms with Gasteiger partial charge < -0.3 is 13.6 Å². The maximum Gasteiger partial charge on any atom is 0.145 e. The average Bonchev–Trinajstić information content (AvgIpc) is 3.72. The summed E-state index contributed by atoms with van der Waals surface area (Å²) >= 11 is 0. The Bertz CT molecular complexity index is 2650. The number of benzene rings is 6. The molecule has 9 rings (SSSR count). The minimum absolute atomic E-state index is 0.475. The Morgan fingerprint density at radius 3 is 1.56 bits per heavy atom. The molecule has 0 unspecified atom stereocenters. The van der Waals surface area contributed by atoms with Crippen molar-refractivity contribution in [2.75, 3.05) is 0 Å². The lowest BCUT2D eigenvalue weighted by Crippen LogP contribution is -2.04. The van der Waals surface area contributed by atoms with E-state index in [2.05, 4.69) is 75.9 Å². The number of fused-ring (bicyclic) bond motifs is 10. The smallest absolute Gasteiger partial charge is 0.145 e. The fourth-order valence-corrected chi connectivity index (χ4v) is 6.80. The third kappa shape index (κ3) is 3.08. The van der Waals surface area contributed by atoms with Gasteiger partial charge in [0.05, 0.1) is 50.0 Å². The van der Waals surface area contributed by atoms with E-state index >= 15 is 0 Å². The molecule has 6 aromatic carbocycles. The standard InChI is InChI=1S/C38H20N4O/c39-21-23-20-35(24(22-40)19-34(23)41-30-13-5-1-9-25(30)26-10-2-6-14-31(26)41)42-32-15-7-3-12-29(32)37-33(42)18-17-28-27-11-4-8-16-36(27)43-38(28)37/h1-20H. The molecule has 0 radical (unpaired) electrons. The summed E-state index contributed by atoms with van der Waals surface area (Å²) < 4.78 is 10.6. The Morgan fingerprint density at radius 2 is 0.953 bits per heavy atom. The number of hydrogen-bond donors (Lipinski definition) is 0. The fourth-order valence-electron chi connectivity index (χ4n) is 6.80. The summed E-state index contributed by atoms with van der Waals surface area (Å²) in [6.07, 6.45) is 0. The first-order valence-electron chi connectivity index (χ1n) is 14.1. The molecule has 0 atom stereocenters. The second-order valence-electron chi connectivity index (χ2n) is 10.8. The van der Waals surface area contributed by atoms with Gasteiger partial charge in [0.1, 0.15) is 23.3 Å². The number of nitriles is 2. The molecule has 3 aromatic heterocycles. The van der Waals surface area contributed by atoms with Gasteiger partial charge in [0, 0.05) is 26.9 Å². The van der Waals surface area contributed by atoms with E-state index in [-0.39, 0.29) is 0 Å². The molecular weight excluding hydrogens is 528 g/mol. The summed E-state index contributed by atoms with van der Waals surface area (Å²) in [5.74, 6) is 0.